The number of benzene rings is 2. The van der Waals surface area contributed by atoms with Crippen molar-refractivity contribution in [3.8, 4) is 12.1 Å². The Bertz CT molecular complexity index is 1510. The number of likely N-dealkylation sites (tertiary alicyclic amines) is 1. The van der Waals surface area contributed by atoms with Gasteiger partial charge in [-0.1, -0.05) is 35.9 Å². The number of anilines is 2. The zero-order valence-electron chi connectivity index (χ0n) is 22.8. The van der Waals surface area contributed by atoms with Crippen LogP contribution < -0.4 is 19.9 Å². The van der Waals surface area contributed by atoms with Crippen LogP contribution in [0, 0.1) is 11.3 Å². The van der Waals surface area contributed by atoms with E-state index in [0.29, 0.717) is 31.2 Å². The van der Waals surface area contributed by atoms with E-state index in [1.165, 1.54) is 17.6 Å². The molecule has 0 spiro atoms. The number of hydrogen-bond acceptors (Lipinski definition) is 8. The summed E-state index contributed by atoms with van der Waals surface area (Å²) in [6, 6.07) is 16.0. The Hall–Kier alpha value is -3.38. The number of hydrogen-bond donors (Lipinski definition) is 1. The van der Waals surface area contributed by atoms with E-state index in [0.717, 1.165) is 78.4 Å². The number of nitriles is 1. The van der Waals surface area contributed by atoms with Crippen LogP contribution in [0.4, 0.5) is 11.5 Å². The van der Waals surface area contributed by atoms with Gasteiger partial charge in [0.05, 0.1) is 23.3 Å². The molecule has 9 heteroatoms. The van der Waals surface area contributed by atoms with Crippen molar-refractivity contribution in [2.75, 3.05) is 49.6 Å². The summed E-state index contributed by atoms with van der Waals surface area (Å²) in [4.78, 5) is 17.2. The highest BCUT2D eigenvalue weighted by molar-refractivity contribution is 6.36. The quantitative estimate of drug-likeness (QED) is 0.466. The molecule has 3 aromatic rings. The van der Waals surface area contributed by atoms with Crippen molar-refractivity contribution in [2.45, 2.75) is 50.4 Å². The summed E-state index contributed by atoms with van der Waals surface area (Å²) in [6.07, 6.45) is 5.81. The number of nitrogens with one attached hydrogen (secondary N) is 1. The average molecular weight is 556 g/mol. The molecule has 0 amide bonds. The monoisotopic (exact) mass is 555 g/mol. The molecule has 2 aromatic carbocycles. The third-order valence-corrected chi connectivity index (χ3v) is 9.35. The highest BCUT2D eigenvalue weighted by Crippen LogP contribution is 2.38. The molecule has 4 aliphatic heterocycles. The third kappa shape index (κ3) is 4.66. The molecule has 1 aromatic heterocycles. The van der Waals surface area contributed by atoms with Gasteiger partial charge in [0, 0.05) is 60.5 Å². The Morgan fingerprint density at radius 2 is 2.02 bits per heavy atom. The lowest BCUT2D eigenvalue weighted by Gasteiger charge is -2.37. The molecular weight excluding hydrogens is 522 g/mol. The van der Waals surface area contributed by atoms with Crippen molar-refractivity contribution in [1.82, 2.24) is 20.2 Å². The number of ether oxygens (including phenoxy) is 1. The second-order valence-corrected chi connectivity index (χ2v) is 11.9. The molecular formula is C31H34ClN7O. The molecule has 3 fully saturated rings. The molecule has 2 bridgehead atoms. The Morgan fingerprint density at radius 3 is 2.85 bits per heavy atom. The number of nitrogens with zero attached hydrogens (tertiary/aromatic N) is 6. The van der Waals surface area contributed by atoms with Crippen LogP contribution in [0.25, 0.3) is 10.8 Å². The van der Waals surface area contributed by atoms with Crippen LogP contribution >= 0.6 is 11.6 Å². The number of fused-ring (bicyclic) bond motifs is 4. The predicted octanol–water partition coefficient (Wildman–Crippen LogP) is 4.32. The molecule has 3 saturated heterocycles. The highest BCUT2D eigenvalue weighted by atomic mass is 35.5. The van der Waals surface area contributed by atoms with Crippen LogP contribution in [0.3, 0.4) is 0 Å². The Balaban J connectivity index is 1.23. The first-order valence-electron chi connectivity index (χ1n) is 14.3. The standard InChI is InChI=1S/C31H34ClN7O/c1-37-13-4-7-23(37)19-40-31-35-27-18-38(28-9-3-6-20-5-2-8-25(32)29(20)28)14-11-24(27)30(36-31)39-16-22-15-21(10-12-33)26(17-39)34-22/h2-3,5-6,8-10,22-23,26,34H,4,7,11,13-19H2,1H3/t22-,23?,26-/m1/s1. The van der Waals surface area contributed by atoms with Crippen LogP contribution in [0.15, 0.2) is 48.0 Å². The molecule has 40 heavy (non-hydrogen) atoms. The summed E-state index contributed by atoms with van der Waals surface area (Å²) in [5.74, 6) is 0.991. The smallest absolute Gasteiger partial charge is 0.318 e. The minimum absolute atomic E-state index is 0.179. The summed E-state index contributed by atoms with van der Waals surface area (Å²) >= 11 is 6.70. The van der Waals surface area contributed by atoms with Crippen LogP contribution in [0.1, 0.15) is 30.5 Å². The number of halogens is 1. The first-order chi connectivity index (χ1) is 19.6. The molecule has 3 atom stereocenters. The van der Waals surface area contributed by atoms with Crippen LogP contribution in [-0.2, 0) is 13.0 Å². The summed E-state index contributed by atoms with van der Waals surface area (Å²) in [5, 5.41) is 15.9. The molecule has 1 N–H and O–H groups in total. The van der Waals surface area contributed by atoms with Crippen molar-refractivity contribution < 1.29 is 4.74 Å². The molecule has 7 rings (SSSR count). The van der Waals surface area contributed by atoms with Crippen LogP contribution in [0.2, 0.25) is 5.02 Å². The van der Waals surface area contributed by atoms with Crippen molar-refractivity contribution in [3.63, 3.8) is 0 Å². The Labute approximate surface area is 240 Å². The average Bonchev–Trinajstić information content (AvgIpc) is 3.51. The van der Waals surface area contributed by atoms with Crippen molar-refractivity contribution in [2.24, 2.45) is 0 Å². The fourth-order valence-electron chi connectivity index (χ4n) is 6.96. The second kappa shape index (κ2) is 10.5. The molecule has 4 aliphatic rings. The fraction of sp³-hybridized carbons (Fsp3) is 0.452. The Morgan fingerprint density at radius 1 is 1.15 bits per heavy atom. The van der Waals surface area contributed by atoms with Crippen LogP contribution in [0.5, 0.6) is 6.01 Å². The molecule has 5 heterocycles. The predicted molar refractivity (Wildman–Crippen MR) is 158 cm³/mol. The topological polar surface area (TPSA) is 80.5 Å². The molecule has 1 unspecified atom stereocenters. The van der Waals surface area contributed by atoms with Gasteiger partial charge in [0.1, 0.15) is 12.4 Å². The molecule has 8 nitrogen and oxygen atoms in total. The maximum atomic E-state index is 9.27. The van der Waals surface area contributed by atoms with Gasteiger partial charge in [-0.2, -0.15) is 15.2 Å². The van der Waals surface area contributed by atoms with Crippen LogP contribution in [-0.4, -0.2) is 72.8 Å². The SMILES string of the molecule is CN1CCCC1COc1nc2c(c(N3C[C@H]4CC(=CC#N)[C@@H](C3)N4)n1)CCN(c1cccc3cccc(Cl)c13)C2. The summed E-state index contributed by atoms with van der Waals surface area (Å²) in [7, 11) is 2.16. The van der Waals surface area contributed by atoms with E-state index in [2.05, 4.69) is 57.4 Å². The van der Waals surface area contributed by atoms with Crippen molar-refractivity contribution in [3.05, 3.63) is 64.3 Å². The third-order valence-electron chi connectivity index (χ3n) is 9.03. The number of aromatic nitrogens is 2. The molecule has 0 saturated carbocycles. The van der Waals surface area contributed by atoms with Gasteiger partial charge in [-0.3, -0.25) is 0 Å². The van der Waals surface area contributed by atoms with Crippen molar-refractivity contribution >= 4 is 33.9 Å². The number of likely N-dealkylation sites (N-methyl/N-ethyl adjacent to an activating group) is 1. The van der Waals surface area contributed by atoms with Crippen molar-refractivity contribution in [1.29, 1.82) is 5.26 Å². The normalized spacial score (nSPS) is 25.4. The molecule has 0 aliphatic carbocycles. The maximum Gasteiger partial charge on any atom is 0.318 e. The summed E-state index contributed by atoms with van der Waals surface area (Å²) in [5.41, 5.74) is 4.56. The maximum absolute atomic E-state index is 9.27. The van der Waals surface area contributed by atoms with Gasteiger partial charge in [-0.15, -0.1) is 0 Å². The van der Waals surface area contributed by atoms with E-state index in [1.807, 2.05) is 12.1 Å². The van der Waals surface area contributed by atoms with E-state index < -0.39 is 0 Å². The summed E-state index contributed by atoms with van der Waals surface area (Å²) in [6.45, 7) is 4.89. The number of piperazine rings is 1. The van der Waals surface area contributed by atoms with E-state index in [4.69, 9.17) is 26.3 Å². The second-order valence-electron chi connectivity index (χ2n) is 11.5. The fourth-order valence-corrected chi connectivity index (χ4v) is 7.24. The Kier molecular flexibility index (Phi) is 6.74. The lowest BCUT2D eigenvalue weighted by molar-refractivity contribution is 0.187. The number of rotatable bonds is 5. The van der Waals surface area contributed by atoms with E-state index in [-0.39, 0.29) is 6.04 Å². The van der Waals surface area contributed by atoms with Gasteiger partial charge in [0.25, 0.3) is 0 Å². The minimum atomic E-state index is 0.179. The zero-order valence-corrected chi connectivity index (χ0v) is 23.6. The van der Waals surface area contributed by atoms with Gasteiger partial charge in [0.2, 0.25) is 0 Å². The van der Waals surface area contributed by atoms with Gasteiger partial charge in [0.15, 0.2) is 0 Å². The van der Waals surface area contributed by atoms with Gasteiger partial charge >= 0.3 is 6.01 Å². The lowest BCUT2D eigenvalue weighted by Crippen LogP contribution is -2.52. The molecule has 206 valence electrons. The van der Waals surface area contributed by atoms with Gasteiger partial charge in [-0.05, 0) is 62.4 Å². The molecule has 0 radical (unpaired) electrons. The lowest BCUT2D eigenvalue weighted by atomic mass is 10.0. The van der Waals surface area contributed by atoms with E-state index in [9.17, 15) is 5.26 Å². The first-order valence-corrected chi connectivity index (χ1v) is 14.7. The number of allylic oxidation sites excluding steroid dienone is 1. The van der Waals surface area contributed by atoms with Gasteiger partial charge in [-0.25, -0.2) is 0 Å². The first kappa shape index (κ1) is 25.6. The summed E-state index contributed by atoms with van der Waals surface area (Å²) < 4.78 is 6.32. The van der Waals surface area contributed by atoms with E-state index >= 15 is 0 Å². The zero-order chi connectivity index (χ0) is 27.2. The van der Waals surface area contributed by atoms with Gasteiger partial charge < -0.3 is 24.8 Å². The van der Waals surface area contributed by atoms with E-state index in [1.54, 1.807) is 6.08 Å². The highest BCUT2D eigenvalue weighted by Gasteiger charge is 2.38. The largest absolute Gasteiger partial charge is 0.462 e. The minimum Gasteiger partial charge on any atom is -0.462 e.